The molecule has 0 atom stereocenters. The zero-order valence-corrected chi connectivity index (χ0v) is 13.5. The summed E-state index contributed by atoms with van der Waals surface area (Å²) in [6.07, 6.45) is 0.181. The first kappa shape index (κ1) is 15.2. The van der Waals surface area contributed by atoms with Crippen LogP contribution in [0.4, 0.5) is 17.1 Å². The van der Waals surface area contributed by atoms with E-state index in [4.69, 9.17) is 4.74 Å². The number of anilines is 3. The van der Waals surface area contributed by atoms with Crippen molar-refractivity contribution in [1.29, 1.82) is 0 Å². The lowest BCUT2D eigenvalue weighted by Gasteiger charge is -2.25. The molecule has 0 aliphatic carbocycles. The lowest BCUT2D eigenvalue weighted by molar-refractivity contribution is 0.242. The van der Waals surface area contributed by atoms with Gasteiger partial charge in [-0.25, -0.2) is 0 Å². The minimum Gasteiger partial charge on any atom is -0.491 e. The third-order valence-corrected chi connectivity index (χ3v) is 3.50. The first-order valence-electron chi connectivity index (χ1n) is 7.91. The Morgan fingerprint density at radius 2 is 1.04 bits per heavy atom. The van der Waals surface area contributed by atoms with Gasteiger partial charge in [0.2, 0.25) is 0 Å². The number of hydrogen-bond acceptors (Lipinski definition) is 2. The molecule has 0 aliphatic heterocycles. The van der Waals surface area contributed by atoms with Crippen molar-refractivity contribution in [2.24, 2.45) is 0 Å². The van der Waals surface area contributed by atoms with Crippen molar-refractivity contribution in [1.82, 2.24) is 0 Å². The summed E-state index contributed by atoms with van der Waals surface area (Å²) in [5.74, 6) is 0.893. The molecule has 0 amide bonds. The van der Waals surface area contributed by atoms with Crippen LogP contribution < -0.4 is 9.64 Å². The van der Waals surface area contributed by atoms with E-state index in [1.54, 1.807) is 0 Å². The predicted molar refractivity (Wildman–Crippen MR) is 96.9 cm³/mol. The molecule has 0 aliphatic rings. The van der Waals surface area contributed by atoms with Crippen LogP contribution in [0.2, 0.25) is 0 Å². The van der Waals surface area contributed by atoms with Crippen LogP contribution in [-0.4, -0.2) is 6.10 Å². The first-order chi connectivity index (χ1) is 11.2. The van der Waals surface area contributed by atoms with Crippen molar-refractivity contribution in [2.75, 3.05) is 4.90 Å². The second-order valence-corrected chi connectivity index (χ2v) is 5.67. The average molecular weight is 303 g/mol. The van der Waals surface area contributed by atoms with E-state index in [-0.39, 0.29) is 6.10 Å². The SMILES string of the molecule is CC(C)Oc1ccc(N(c2ccccc2)c2ccccc2)cc1. The lowest BCUT2D eigenvalue weighted by atomic mass is 10.2. The van der Waals surface area contributed by atoms with Crippen molar-refractivity contribution in [3.8, 4) is 5.75 Å². The molecule has 0 spiro atoms. The molecule has 3 aromatic carbocycles. The number of para-hydroxylation sites is 2. The van der Waals surface area contributed by atoms with Crippen LogP contribution in [0.5, 0.6) is 5.75 Å². The summed E-state index contributed by atoms with van der Waals surface area (Å²) in [4.78, 5) is 2.24. The molecule has 0 aromatic heterocycles. The summed E-state index contributed by atoms with van der Waals surface area (Å²) < 4.78 is 5.74. The van der Waals surface area contributed by atoms with Crippen LogP contribution in [0.15, 0.2) is 84.9 Å². The van der Waals surface area contributed by atoms with Gasteiger partial charge < -0.3 is 9.64 Å². The normalized spacial score (nSPS) is 10.6. The Bertz CT molecular complexity index is 681. The van der Waals surface area contributed by atoms with Crippen molar-refractivity contribution < 1.29 is 4.74 Å². The van der Waals surface area contributed by atoms with E-state index in [2.05, 4.69) is 65.6 Å². The smallest absolute Gasteiger partial charge is 0.119 e. The molecule has 0 radical (unpaired) electrons. The molecule has 0 N–H and O–H groups in total. The van der Waals surface area contributed by atoms with Crippen LogP contribution >= 0.6 is 0 Å². The first-order valence-corrected chi connectivity index (χ1v) is 7.91. The van der Waals surface area contributed by atoms with Crippen molar-refractivity contribution in [3.05, 3.63) is 84.9 Å². The Balaban J connectivity index is 1.99. The number of rotatable bonds is 5. The maximum atomic E-state index is 5.74. The second kappa shape index (κ2) is 7.01. The second-order valence-electron chi connectivity index (χ2n) is 5.67. The predicted octanol–water partition coefficient (Wildman–Crippen LogP) is 5.94. The fourth-order valence-corrected chi connectivity index (χ4v) is 2.55. The number of ether oxygens (including phenoxy) is 1. The van der Waals surface area contributed by atoms with E-state index >= 15 is 0 Å². The van der Waals surface area contributed by atoms with Crippen molar-refractivity contribution >= 4 is 17.1 Å². The van der Waals surface area contributed by atoms with E-state index < -0.39 is 0 Å². The fraction of sp³-hybridized carbons (Fsp3) is 0.143. The van der Waals surface area contributed by atoms with Gasteiger partial charge in [-0.2, -0.15) is 0 Å². The Labute approximate surface area is 138 Å². The highest BCUT2D eigenvalue weighted by molar-refractivity contribution is 5.76. The maximum absolute atomic E-state index is 5.74. The summed E-state index contributed by atoms with van der Waals surface area (Å²) in [5, 5.41) is 0. The molecule has 0 bridgehead atoms. The van der Waals surface area contributed by atoms with E-state index in [0.29, 0.717) is 0 Å². The van der Waals surface area contributed by atoms with Gasteiger partial charge >= 0.3 is 0 Å². The lowest BCUT2D eigenvalue weighted by Crippen LogP contribution is -2.10. The van der Waals surface area contributed by atoms with Gasteiger partial charge in [0.15, 0.2) is 0 Å². The van der Waals surface area contributed by atoms with Crippen LogP contribution in [0.1, 0.15) is 13.8 Å². The third kappa shape index (κ3) is 3.72. The van der Waals surface area contributed by atoms with Crippen LogP contribution in [0.25, 0.3) is 0 Å². The number of nitrogens with zero attached hydrogens (tertiary/aromatic N) is 1. The summed E-state index contributed by atoms with van der Waals surface area (Å²) in [6.45, 7) is 4.07. The van der Waals surface area contributed by atoms with Crippen molar-refractivity contribution in [3.63, 3.8) is 0 Å². The summed E-state index contributed by atoms with van der Waals surface area (Å²) in [7, 11) is 0. The van der Waals surface area contributed by atoms with Crippen LogP contribution in [0.3, 0.4) is 0 Å². The molecular formula is C21H21NO. The molecule has 0 unspecified atom stereocenters. The average Bonchev–Trinajstić information content (AvgIpc) is 2.58. The van der Waals surface area contributed by atoms with Gasteiger partial charge in [-0.05, 0) is 62.4 Å². The minimum atomic E-state index is 0.181. The largest absolute Gasteiger partial charge is 0.491 e. The third-order valence-electron chi connectivity index (χ3n) is 3.50. The summed E-state index contributed by atoms with van der Waals surface area (Å²) in [6, 6.07) is 29.0. The molecule has 0 saturated carbocycles. The summed E-state index contributed by atoms with van der Waals surface area (Å²) >= 11 is 0. The van der Waals surface area contributed by atoms with Gasteiger partial charge in [0.1, 0.15) is 5.75 Å². The maximum Gasteiger partial charge on any atom is 0.119 e. The standard InChI is InChI=1S/C21H21NO/c1-17(2)23-21-15-13-20(14-16-21)22(18-9-5-3-6-10-18)19-11-7-4-8-12-19/h3-17H,1-2H3. The Kier molecular flexibility index (Phi) is 4.62. The van der Waals surface area contributed by atoms with Crippen molar-refractivity contribution in [2.45, 2.75) is 20.0 Å². The van der Waals surface area contributed by atoms with Gasteiger partial charge in [-0.15, -0.1) is 0 Å². The topological polar surface area (TPSA) is 12.5 Å². The monoisotopic (exact) mass is 303 g/mol. The molecule has 2 nitrogen and oxygen atoms in total. The zero-order chi connectivity index (χ0) is 16.1. The van der Waals surface area contributed by atoms with Crippen LogP contribution in [-0.2, 0) is 0 Å². The van der Waals surface area contributed by atoms with E-state index in [1.807, 2.05) is 38.1 Å². The quantitative estimate of drug-likeness (QED) is 0.578. The minimum absolute atomic E-state index is 0.181. The highest BCUT2D eigenvalue weighted by atomic mass is 16.5. The zero-order valence-electron chi connectivity index (χ0n) is 13.5. The Morgan fingerprint density at radius 1 is 0.609 bits per heavy atom. The molecule has 23 heavy (non-hydrogen) atoms. The molecule has 0 heterocycles. The van der Waals surface area contributed by atoms with Gasteiger partial charge in [0.25, 0.3) is 0 Å². The van der Waals surface area contributed by atoms with Gasteiger partial charge in [0.05, 0.1) is 6.10 Å². The molecule has 2 heteroatoms. The molecule has 3 aromatic rings. The van der Waals surface area contributed by atoms with Gasteiger partial charge in [-0.3, -0.25) is 0 Å². The molecular weight excluding hydrogens is 282 g/mol. The highest BCUT2D eigenvalue weighted by Crippen LogP contribution is 2.34. The van der Waals surface area contributed by atoms with Gasteiger partial charge in [-0.1, -0.05) is 36.4 Å². The highest BCUT2D eigenvalue weighted by Gasteiger charge is 2.11. The summed E-state index contributed by atoms with van der Waals surface area (Å²) in [5.41, 5.74) is 3.38. The molecule has 0 saturated heterocycles. The molecule has 3 rings (SSSR count). The molecule has 116 valence electrons. The van der Waals surface area contributed by atoms with Crippen LogP contribution in [0, 0.1) is 0 Å². The Morgan fingerprint density at radius 3 is 1.48 bits per heavy atom. The van der Waals surface area contributed by atoms with E-state index in [9.17, 15) is 0 Å². The number of hydrogen-bond donors (Lipinski definition) is 0. The number of benzene rings is 3. The van der Waals surface area contributed by atoms with E-state index in [0.717, 1.165) is 22.8 Å². The van der Waals surface area contributed by atoms with Gasteiger partial charge in [0, 0.05) is 17.1 Å². The Hall–Kier alpha value is -2.74. The molecule has 0 fully saturated rings. The van der Waals surface area contributed by atoms with E-state index in [1.165, 1.54) is 0 Å². The fourth-order valence-electron chi connectivity index (χ4n) is 2.55.